The topological polar surface area (TPSA) is 63.5 Å². The van der Waals surface area contributed by atoms with E-state index in [0.29, 0.717) is 25.4 Å². The molecule has 0 radical (unpaired) electrons. The van der Waals surface area contributed by atoms with Crippen molar-refractivity contribution in [3.8, 4) is 5.75 Å². The number of aliphatic hydroxyl groups excluding tert-OH is 1. The Morgan fingerprint density at radius 3 is 2.38 bits per heavy atom. The Balaban J connectivity index is 1.68. The van der Waals surface area contributed by atoms with Crippen molar-refractivity contribution < 1.29 is 9.84 Å². The third-order valence-electron chi connectivity index (χ3n) is 4.04. The maximum atomic E-state index is 12.2. The van der Waals surface area contributed by atoms with Crippen LogP contribution in [0.1, 0.15) is 11.3 Å². The number of nitrogens with one attached hydrogen (secondary N) is 1. The molecule has 0 unspecified atom stereocenters. The number of anilines is 1. The Bertz CT molecular complexity index is 877. The van der Waals surface area contributed by atoms with Crippen LogP contribution in [-0.2, 0) is 19.8 Å². The molecule has 0 saturated heterocycles. The molecule has 0 atom stereocenters. The number of ether oxygens (including phenoxy) is 1. The number of nitrogens with zero attached hydrogens (tertiary/aromatic N) is 1. The van der Waals surface area contributed by atoms with Crippen LogP contribution in [0.4, 0.5) is 5.69 Å². The first-order valence-electron chi connectivity index (χ1n) is 8.56. The molecule has 0 amide bonds. The zero-order valence-electron chi connectivity index (χ0n) is 14.5. The number of benzene rings is 2. The van der Waals surface area contributed by atoms with Gasteiger partial charge in [-0.05, 0) is 17.7 Å². The lowest BCUT2D eigenvalue weighted by Gasteiger charge is -2.15. The van der Waals surface area contributed by atoms with E-state index in [-0.39, 0.29) is 17.8 Å². The van der Waals surface area contributed by atoms with Gasteiger partial charge in [0.15, 0.2) is 5.75 Å². The van der Waals surface area contributed by atoms with Crippen LogP contribution in [0.25, 0.3) is 0 Å². The second-order valence-corrected chi connectivity index (χ2v) is 5.91. The van der Waals surface area contributed by atoms with E-state index >= 15 is 0 Å². The van der Waals surface area contributed by atoms with Crippen molar-refractivity contribution in [2.75, 3.05) is 11.9 Å². The van der Waals surface area contributed by atoms with Crippen LogP contribution >= 0.6 is 0 Å². The fourth-order valence-corrected chi connectivity index (χ4v) is 2.66. The maximum absolute atomic E-state index is 12.2. The summed E-state index contributed by atoms with van der Waals surface area (Å²) in [6.45, 7) is 1.40. The molecule has 0 aliphatic rings. The van der Waals surface area contributed by atoms with Gasteiger partial charge in [0, 0.05) is 30.5 Å². The van der Waals surface area contributed by atoms with Gasteiger partial charge >= 0.3 is 0 Å². The standard InChI is InChI=1S/C21H22N2O3/c24-15-19-13-20(25)21(26-16-17-7-3-1-4-8-17)14-23(19)12-11-22-18-9-5-2-6-10-18/h1-10,13-14,22,24H,11-12,15-16H2. The van der Waals surface area contributed by atoms with Gasteiger partial charge in [0.2, 0.25) is 5.43 Å². The Hall–Kier alpha value is -3.05. The van der Waals surface area contributed by atoms with Gasteiger partial charge in [0.05, 0.1) is 12.8 Å². The fourth-order valence-electron chi connectivity index (χ4n) is 2.66. The number of hydrogen-bond acceptors (Lipinski definition) is 4. The molecule has 0 bridgehead atoms. The number of rotatable bonds is 8. The summed E-state index contributed by atoms with van der Waals surface area (Å²) in [4.78, 5) is 12.2. The molecule has 3 rings (SSSR count). The number of aromatic nitrogens is 1. The van der Waals surface area contributed by atoms with Crippen molar-refractivity contribution in [3.63, 3.8) is 0 Å². The molecule has 2 N–H and O–H groups in total. The first-order valence-corrected chi connectivity index (χ1v) is 8.56. The first kappa shape index (κ1) is 17.8. The van der Waals surface area contributed by atoms with E-state index in [2.05, 4.69) is 5.32 Å². The number of hydrogen-bond donors (Lipinski definition) is 2. The van der Waals surface area contributed by atoms with Crippen LogP contribution in [0.3, 0.4) is 0 Å². The summed E-state index contributed by atoms with van der Waals surface area (Å²) < 4.78 is 7.54. The Labute approximate surface area is 152 Å². The van der Waals surface area contributed by atoms with Gasteiger partial charge in [-0.2, -0.15) is 0 Å². The molecule has 5 heteroatoms. The molecule has 2 aromatic carbocycles. The molecule has 0 aliphatic heterocycles. The van der Waals surface area contributed by atoms with E-state index in [9.17, 15) is 9.90 Å². The van der Waals surface area contributed by atoms with Crippen LogP contribution in [0.5, 0.6) is 5.75 Å². The minimum atomic E-state index is -0.225. The smallest absolute Gasteiger partial charge is 0.223 e. The van der Waals surface area contributed by atoms with Gasteiger partial charge in [0.25, 0.3) is 0 Å². The SMILES string of the molecule is O=c1cc(CO)n(CCNc2ccccc2)cc1OCc1ccccc1. The highest BCUT2D eigenvalue weighted by Gasteiger charge is 2.08. The Morgan fingerprint density at radius 2 is 1.69 bits per heavy atom. The monoisotopic (exact) mass is 350 g/mol. The minimum absolute atomic E-state index is 0.195. The van der Waals surface area contributed by atoms with E-state index in [1.54, 1.807) is 6.20 Å². The molecule has 1 aromatic heterocycles. The Morgan fingerprint density at radius 1 is 1.00 bits per heavy atom. The zero-order chi connectivity index (χ0) is 18.2. The molecule has 134 valence electrons. The molecular weight excluding hydrogens is 328 g/mol. The van der Waals surface area contributed by atoms with Gasteiger partial charge in [-0.25, -0.2) is 0 Å². The number of pyridine rings is 1. The third kappa shape index (κ3) is 4.74. The average Bonchev–Trinajstić information content (AvgIpc) is 2.69. The summed E-state index contributed by atoms with van der Waals surface area (Å²) in [5.74, 6) is 0.283. The number of aliphatic hydroxyl groups is 1. The average molecular weight is 350 g/mol. The largest absolute Gasteiger partial charge is 0.483 e. The molecule has 0 fully saturated rings. The summed E-state index contributed by atoms with van der Waals surface area (Å²) in [7, 11) is 0. The maximum Gasteiger partial charge on any atom is 0.223 e. The van der Waals surface area contributed by atoms with Crippen LogP contribution in [0.2, 0.25) is 0 Å². The predicted octanol–water partition coefficient (Wildman–Crippen LogP) is 3.03. The van der Waals surface area contributed by atoms with E-state index in [1.165, 1.54) is 6.07 Å². The quantitative estimate of drug-likeness (QED) is 0.655. The van der Waals surface area contributed by atoms with Gasteiger partial charge in [-0.3, -0.25) is 4.79 Å². The van der Waals surface area contributed by atoms with Gasteiger partial charge in [-0.15, -0.1) is 0 Å². The summed E-state index contributed by atoms with van der Waals surface area (Å²) in [5, 5.41) is 12.9. The highest BCUT2D eigenvalue weighted by molar-refractivity contribution is 5.42. The van der Waals surface area contributed by atoms with E-state index in [4.69, 9.17) is 4.74 Å². The van der Waals surface area contributed by atoms with Crippen LogP contribution < -0.4 is 15.5 Å². The first-order chi connectivity index (χ1) is 12.8. The van der Waals surface area contributed by atoms with Gasteiger partial charge in [0.1, 0.15) is 6.61 Å². The summed E-state index contributed by atoms with van der Waals surface area (Å²) >= 11 is 0. The second-order valence-electron chi connectivity index (χ2n) is 5.91. The molecule has 26 heavy (non-hydrogen) atoms. The normalized spacial score (nSPS) is 10.5. The van der Waals surface area contributed by atoms with Gasteiger partial charge < -0.3 is 19.7 Å². The van der Waals surface area contributed by atoms with Crippen molar-refractivity contribution in [2.24, 2.45) is 0 Å². The number of para-hydroxylation sites is 1. The predicted molar refractivity (Wildman–Crippen MR) is 102 cm³/mol. The zero-order valence-corrected chi connectivity index (χ0v) is 14.5. The summed E-state index contributed by atoms with van der Waals surface area (Å²) in [6.07, 6.45) is 1.67. The third-order valence-corrected chi connectivity index (χ3v) is 4.04. The van der Waals surface area contributed by atoms with Crippen LogP contribution in [0, 0.1) is 0 Å². The van der Waals surface area contributed by atoms with Crippen molar-refractivity contribution in [2.45, 2.75) is 19.8 Å². The lowest BCUT2D eigenvalue weighted by molar-refractivity contribution is 0.266. The van der Waals surface area contributed by atoms with E-state index in [0.717, 1.165) is 11.3 Å². The summed E-state index contributed by atoms with van der Waals surface area (Å²) in [5.41, 5.74) is 2.37. The van der Waals surface area contributed by atoms with Crippen LogP contribution in [0.15, 0.2) is 77.7 Å². The lowest BCUT2D eigenvalue weighted by atomic mass is 10.2. The highest BCUT2D eigenvalue weighted by Crippen LogP contribution is 2.11. The second kappa shape index (κ2) is 8.87. The Kier molecular flexibility index (Phi) is 6.06. The molecule has 0 aliphatic carbocycles. The highest BCUT2D eigenvalue weighted by atomic mass is 16.5. The van der Waals surface area contributed by atoms with E-state index in [1.807, 2.05) is 65.2 Å². The molecule has 0 saturated carbocycles. The summed E-state index contributed by atoms with van der Waals surface area (Å²) in [6, 6.07) is 21.0. The van der Waals surface area contributed by atoms with Crippen molar-refractivity contribution in [3.05, 3.63) is 94.4 Å². The molecular formula is C21H22N2O3. The molecule has 1 heterocycles. The molecule has 0 spiro atoms. The van der Waals surface area contributed by atoms with Crippen LogP contribution in [-0.4, -0.2) is 16.2 Å². The molecule has 3 aromatic rings. The minimum Gasteiger partial charge on any atom is -0.483 e. The van der Waals surface area contributed by atoms with Crippen molar-refractivity contribution in [1.82, 2.24) is 4.57 Å². The molecule has 5 nitrogen and oxygen atoms in total. The van der Waals surface area contributed by atoms with E-state index < -0.39 is 0 Å². The van der Waals surface area contributed by atoms with Crippen molar-refractivity contribution >= 4 is 5.69 Å². The lowest BCUT2D eigenvalue weighted by Crippen LogP contribution is -2.19. The van der Waals surface area contributed by atoms with Crippen molar-refractivity contribution in [1.29, 1.82) is 0 Å². The fraction of sp³-hybridized carbons (Fsp3) is 0.190. The van der Waals surface area contributed by atoms with Gasteiger partial charge in [-0.1, -0.05) is 48.5 Å².